The minimum Gasteiger partial charge on any atom is -0.494 e. The predicted molar refractivity (Wildman–Crippen MR) is 108 cm³/mol. The fraction of sp³-hybridized carbons (Fsp3) is 0.211. The number of nitrogens with one attached hydrogen (secondary N) is 1. The van der Waals surface area contributed by atoms with Crippen LogP contribution in [-0.2, 0) is 0 Å². The maximum absolute atomic E-state index is 5.48. The van der Waals surface area contributed by atoms with Crippen LogP contribution in [0.4, 0.5) is 5.69 Å². The van der Waals surface area contributed by atoms with Crippen molar-refractivity contribution in [2.24, 2.45) is 5.10 Å². The molecule has 0 aliphatic carbocycles. The molecule has 0 saturated heterocycles. The monoisotopic (exact) mass is 367 g/mol. The first-order chi connectivity index (χ1) is 12.6. The zero-order valence-electron chi connectivity index (χ0n) is 15.0. The molecular formula is C19H21N5OS. The average molecular weight is 367 g/mol. The molecule has 0 aliphatic heterocycles. The van der Waals surface area contributed by atoms with E-state index < -0.39 is 0 Å². The second-order valence-corrected chi connectivity index (χ2v) is 6.24. The summed E-state index contributed by atoms with van der Waals surface area (Å²) in [6, 6.07) is 15.8. The summed E-state index contributed by atoms with van der Waals surface area (Å²) >= 11 is 5.31. The summed E-state index contributed by atoms with van der Waals surface area (Å²) in [5, 5.41) is 11.6. The summed E-state index contributed by atoms with van der Waals surface area (Å²) in [4.78, 5) is 2.05. The van der Waals surface area contributed by atoms with Gasteiger partial charge in [-0.25, -0.2) is 5.10 Å². The van der Waals surface area contributed by atoms with Gasteiger partial charge in [-0.05, 0) is 61.1 Å². The highest BCUT2D eigenvalue weighted by Gasteiger charge is 2.08. The van der Waals surface area contributed by atoms with Crippen LogP contribution in [0.25, 0.3) is 11.4 Å². The molecule has 6 nitrogen and oxygen atoms in total. The van der Waals surface area contributed by atoms with Gasteiger partial charge in [0.1, 0.15) is 5.75 Å². The fourth-order valence-electron chi connectivity index (χ4n) is 2.44. The molecule has 0 bridgehead atoms. The van der Waals surface area contributed by atoms with Gasteiger partial charge in [0.05, 0.1) is 12.8 Å². The lowest BCUT2D eigenvalue weighted by molar-refractivity contribution is 0.340. The standard InChI is InChI=1S/C19H21N5OS/c1-4-25-17-11-7-15(8-12-17)18-21-22-19(26)24(18)20-13-14-5-9-16(10-6-14)23(2)3/h5-13H,4H2,1-3H3,(H,22,26)/b20-13+. The molecule has 1 heterocycles. The van der Waals surface area contributed by atoms with E-state index in [0.717, 1.165) is 22.6 Å². The molecular weight excluding hydrogens is 346 g/mol. The Morgan fingerprint density at radius 1 is 1.15 bits per heavy atom. The Bertz CT molecular complexity index is 939. The molecule has 0 atom stereocenters. The summed E-state index contributed by atoms with van der Waals surface area (Å²) in [5.41, 5.74) is 3.02. The molecule has 0 fully saturated rings. The van der Waals surface area contributed by atoms with E-state index in [1.54, 1.807) is 10.9 Å². The summed E-state index contributed by atoms with van der Waals surface area (Å²) in [5.74, 6) is 1.47. The molecule has 0 aliphatic rings. The fourth-order valence-corrected chi connectivity index (χ4v) is 2.61. The van der Waals surface area contributed by atoms with Crippen molar-refractivity contribution in [1.82, 2.24) is 14.9 Å². The molecule has 0 unspecified atom stereocenters. The van der Waals surface area contributed by atoms with Crippen LogP contribution in [0.1, 0.15) is 12.5 Å². The van der Waals surface area contributed by atoms with E-state index in [2.05, 4.69) is 20.2 Å². The third kappa shape index (κ3) is 4.00. The molecule has 0 spiro atoms. The second-order valence-electron chi connectivity index (χ2n) is 5.85. The molecule has 0 radical (unpaired) electrons. The van der Waals surface area contributed by atoms with Gasteiger partial charge in [-0.15, -0.1) is 0 Å². The number of H-pyrrole nitrogens is 1. The molecule has 26 heavy (non-hydrogen) atoms. The largest absolute Gasteiger partial charge is 0.494 e. The van der Waals surface area contributed by atoms with E-state index in [0.29, 0.717) is 17.2 Å². The topological polar surface area (TPSA) is 58.4 Å². The molecule has 3 rings (SSSR count). The molecule has 7 heteroatoms. The molecule has 1 aromatic heterocycles. The minimum atomic E-state index is 0.440. The Kier molecular flexibility index (Phi) is 5.48. The maximum Gasteiger partial charge on any atom is 0.216 e. The molecule has 134 valence electrons. The third-order valence-electron chi connectivity index (χ3n) is 3.81. The molecule has 0 saturated carbocycles. The van der Waals surface area contributed by atoms with Gasteiger partial charge in [-0.2, -0.15) is 14.9 Å². The van der Waals surface area contributed by atoms with Gasteiger partial charge in [0.25, 0.3) is 0 Å². The Hall–Kier alpha value is -2.93. The Balaban J connectivity index is 1.86. The summed E-state index contributed by atoms with van der Waals surface area (Å²) in [6.45, 7) is 2.59. The number of nitrogens with zero attached hydrogens (tertiary/aromatic N) is 4. The SMILES string of the molecule is CCOc1ccc(-c2n[nH]c(=S)n2/N=C/c2ccc(N(C)C)cc2)cc1. The number of aromatic amines is 1. The normalized spacial score (nSPS) is 11.0. The van der Waals surface area contributed by atoms with Gasteiger partial charge in [-0.3, -0.25) is 0 Å². The van der Waals surface area contributed by atoms with Gasteiger partial charge in [0.15, 0.2) is 5.82 Å². The Morgan fingerprint density at radius 3 is 2.46 bits per heavy atom. The first kappa shape index (κ1) is 17.9. The number of ether oxygens (including phenoxy) is 1. The number of hydrogen-bond donors (Lipinski definition) is 1. The Morgan fingerprint density at radius 2 is 1.85 bits per heavy atom. The van der Waals surface area contributed by atoms with Gasteiger partial charge in [-0.1, -0.05) is 12.1 Å². The number of benzene rings is 2. The second kappa shape index (κ2) is 7.97. The smallest absolute Gasteiger partial charge is 0.216 e. The zero-order chi connectivity index (χ0) is 18.5. The molecule has 1 N–H and O–H groups in total. The highest BCUT2D eigenvalue weighted by Crippen LogP contribution is 2.21. The van der Waals surface area contributed by atoms with Crippen LogP contribution in [0.3, 0.4) is 0 Å². The van der Waals surface area contributed by atoms with Crippen molar-refractivity contribution < 1.29 is 4.74 Å². The zero-order valence-corrected chi connectivity index (χ0v) is 15.8. The van der Waals surface area contributed by atoms with Gasteiger partial charge < -0.3 is 9.64 Å². The number of anilines is 1. The van der Waals surface area contributed by atoms with E-state index in [9.17, 15) is 0 Å². The van der Waals surface area contributed by atoms with Crippen LogP contribution < -0.4 is 9.64 Å². The first-order valence-corrected chi connectivity index (χ1v) is 8.71. The van der Waals surface area contributed by atoms with E-state index in [1.165, 1.54) is 0 Å². The highest BCUT2D eigenvalue weighted by atomic mass is 32.1. The van der Waals surface area contributed by atoms with Crippen molar-refractivity contribution in [3.8, 4) is 17.1 Å². The van der Waals surface area contributed by atoms with Crippen LogP contribution >= 0.6 is 12.2 Å². The van der Waals surface area contributed by atoms with Crippen LogP contribution in [-0.4, -0.2) is 41.8 Å². The summed E-state index contributed by atoms with van der Waals surface area (Å²) in [6.07, 6.45) is 1.77. The van der Waals surface area contributed by atoms with Crippen molar-refractivity contribution in [1.29, 1.82) is 0 Å². The van der Waals surface area contributed by atoms with E-state index in [1.807, 2.05) is 69.6 Å². The van der Waals surface area contributed by atoms with Gasteiger partial charge in [0, 0.05) is 25.3 Å². The number of aromatic nitrogens is 3. The lowest BCUT2D eigenvalue weighted by Crippen LogP contribution is -2.08. The predicted octanol–water partition coefficient (Wildman–Crippen LogP) is 3.95. The lowest BCUT2D eigenvalue weighted by atomic mass is 10.2. The first-order valence-electron chi connectivity index (χ1n) is 8.31. The molecule has 3 aromatic rings. The highest BCUT2D eigenvalue weighted by molar-refractivity contribution is 7.71. The summed E-state index contributed by atoms with van der Waals surface area (Å²) in [7, 11) is 4.02. The Labute approximate surface area is 157 Å². The summed E-state index contributed by atoms with van der Waals surface area (Å²) < 4.78 is 7.53. The van der Waals surface area contributed by atoms with Crippen molar-refractivity contribution in [2.75, 3.05) is 25.6 Å². The van der Waals surface area contributed by atoms with Gasteiger partial charge in [0.2, 0.25) is 4.77 Å². The third-order valence-corrected chi connectivity index (χ3v) is 4.07. The number of hydrogen-bond acceptors (Lipinski definition) is 5. The van der Waals surface area contributed by atoms with E-state index in [-0.39, 0.29) is 0 Å². The van der Waals surface area contributed by atoms with Crippen molar-refractivity contribution in [3.05, 3.63) is 58.9 Å². The minimum absolute atomic E-state index is 0.440. The number of rotatable bonds is 6. The van der Waals surface area contributed by atoms with Gasteiger partial charge >= 0.3 is 0 Å². The quantitative estimate of drug-likeness (QED) is 0.529. The van der Waals surface area contributed by atoms with Crippen LogP contribution in [0.15, 0.2) is 53.6 Å². The lowest BCUT2D eigenvalue weighted by Gasteiger charge is -2.11. The van der Waals surface area contributed by atoms with Crippen molar-refractivity contribution in [2.45, 2.75) is 6.92 Å². The molecule has 0 amide bonds. The van der Waals surface area contributed by atoms with Crippen LogP contribution in [0.5, 0.6) is 5.75 Å². The molecule has 2 aromatic carbocycles. The average Bonchev–Trinajstić information content (AvgIpc) is 3.02. The van der Waals surface area contributed by atoms with E-state index in [4.69, 9.17) is 17.0 Å². The maximum atomic E-state index is 5.48. The van der Waals surface area contributed by atoms with Crippen LogP contribution in [0, 0.1) is 4.77 Å². The van der Waals surface area contributed by atoms with E-state index >= 15 is 0 Å². The van der Waals surface area contributed by atoms with Crippen molar-refractivity contribution in [3.63, 3.8) is 0 Å². The van der Waals surface area contributed by atoms with Crippen molar-refractivity contribution >= 4 is 24.1 Å². The van der Waals surface area contributed by atoms with Crippen LogP contribution in [0.2, 0.25) is 0 Å².